The molecule has 0 aliphatic carbocycles. The first-order valence-corrected chi connectivity index (χ1v) is 9.97. The van der Waals surface area contributed by atoms with Gasteiger partial charge < -0.3 is 10.1 Å². The van der Waals surface area contributed by atoms with Gasteiger partial charge in [-0.05, 0) is 37.3 Å². The number of sulfone groups is 1. The normalized spacial score (nSPS) is 12.3. The van der Waals surface area contributed by atoms with E-state index in [1.807, 2.05) is 0 Å². The second-order valence-corrected chi connectivity index (χ2v) is 8.21. The van der Waals surface area contributed by atoms with E-state index in [0.29, 0.717) is 0 Å². The number of hydrogen-bond donors (Lipinski definition) is 1. The lowest BCUT2D eigenvalue weighted by molar-refractivity contribution is -0.123. The zero-order valence-corrected chi connectivity index (χ0v) is 16.1. The van der Waals surface area contributed by atoms with Gasteiger partial charge in [-0.1, -0.05) is 30.7 Å². The Bertz CT molecular complexity index is 977. The summed E-state index contributed by atoms with van der Waals surface area (Å²) >= 11 is 5.84. The molecule has 0 radical (unpaired) electrons. The highest BCUT2D eigenvalue weighted by atomic mass is 35.5. The van der Waals surface area contributed by atoms with Crippen molar-refractivity contribution in [3.8, 4) is 0 Å². The summed E-state index contributed by atoms with van der Waals surface area (Å²) < 4.78 is 42.4. The van der Waals surface area contributed by atoms with Gasteiger partial charge in [0.05, 0.1) is 26.9 Å². The van der Waals surface area contributed by atoms with Crippen molar-refractivity contribution in [2.24, 2.45) is 0 Å². The molecule has 1 amide bonds. The highest BCUT2D eigenvalue weighted by Gasteiger charge is 2.25. The summed E-state index contributed by atoms with van der Waals surface area (Å²) in [4.78, 5) is 24.4. The third-order valence-electron chi connectivity index (χ3n) is 3.66. The first kappa shape index (κ1) is 20.9. The van der Waals surface area contributed by atoms with Gasteiger partial charge in [-0.3, -0.25) is 4.79 Å². The fourth-order valence-corrected chi connectivity index (χ4v) is 3.46. The van der Waals surface area contributed by atoms with Crippen molar-refractivity contribution in [3.63, 3.8) is 0 Å². The molecular formula is C18H17ClFNO5S. The van der Waals surface area contributed by atoms with E-state index >= 15 is 0 Å². The molecule has 0 bridgehead atoms. The Morgan fingerprint density at radius 1 is 1.22 bits per heavy atom. The van der Waals surface area contributed by atoms with Gasteiger partial charge in [0, 0.05) is 0 Å². The number of amides is 1. The maximum Gasteiger partial charge on any atom is 0.340 e. The van der Waals surface area contributed by atoms with Crippen LogP contribution >= 0.6 is 11.6 Å². The van der Waals surface area contributed by atoms with Gasteiger partial charge in [-0.15, -0.1) is 0 Å². The third kappa shape index (κ3) is 5.05. The number of esters is 1. The molecule has 1 unspecified atom stereocenters. The maximum atomic E-state index is 13.1. The fraction of sp³-hybridized carbons (Fsp3) is 0.222. The number of carbonyl (C=O) groups excluding carboxylic acids is 2. The number of benzene rings is 2. The number of rotatable bonds is 6. The molecule has 144 valence electrons. The van der Waals surface area contributed by atoms with E-state index in [1.165, 1.54) is 44.2 Å². The molecule has 6 nitrogen and oxygen atoms in total. The molecule has 0 aliphatic heterocycles. The van der Waals surface area contributed by atoms with Crippen LogP contribution in [0.3, 0.4) is 0 Å². The number of halogens is 2. The van der Waals surface area contributed by atoms with Crippen LogP contribution in [0.4, 0.5) is 10.1 Å². The van der Waals surface area contributed by atoms with Gasteiger partial charge in [0.25, 0.3) is 5.91 Å². The smallest absolute Gasteiger partial charge is 0.340 e. The number of carbonyl (C=O) groups is 2. The lowest BCUT2D eigenvalue weighted by Gasteiger charge is -2.15. The minimum Gasteiger partial charge on any atom is -0.449 e. The molecule has 2 aromatic carbocycles. The zero-order valence-electron chi connectivity index (χ0n) is 14.5. The quantitative estimate of drug-likeness (QED) is 0.732. The Morgan fingerprint density at radius 2 is 1.89 bits per heavy atom. The second-order valence-electron chi connectivity index (χ2n) is 5.56. The molecule has 9 heteroatoms. The van der Waals surface area contributed by atoms with Crippen LogP contribution in [0.2, 0.25) is 5.02 Å². The van der Waals surface area contributed by atoms with Crippen molar-refractivity contribution < 1.29 is 27.1 Å². The van der Waals surface area contributed by atoms with Crippen LogP contribution < -0.4 is 5.32 Å². The predicted molar refractivity (Wildman–Crippen MR) is 99.1 cm³/mol. The van der Waals surface area contributed by atoms with Crippen LogP contribution in [-0.4, -0.2) is 32.2 Å². The summed E-state index contributed by atoms with van der Waals surface area (Å²) in [5.74, 6) is -2.40. The van der Waals surface area contributed by atoms with E-state index in [1.54, 1.807) is 0 Å². The minimum absolute atomic E-state index is 0.0127. The Morgan fingerprint density at radius 3 is 2.52 bits per heavy atom. The molecule has 2 aromatic rings. The fourth-order valence-electron chi connectivity index (χ4n) is 2.16. The van der Waals surface area contributed by atoms with Crippen LogP contribution in [0.25, 0.3) is 0 Å². The number of hydrogen-bond acceptors (Lipinski definition) is 5. The predicted octanol–water partition coefficient (Wildman–Crippen LogP) is 3.46. The van der Waals surface area contributed by atoms with E-state index in [0.717, 1.165) is 12.1 Å². The largest absolute Gasteiger partial charge is 0.449 e. The highest BCUT2D eigenvalue weighted by Crippen LogP contribution is 2.23. The molecule has 0 fully saturated rings. The number of ether oxygens (including phenoxy) is 1. The first-order valence-electron chi connectivity index (χ1n) is 7.94. The van der Waals surface area contributed by atoms with E-state index < -0.39 is 33.6 Å². The second kappa shape index (κ2) is 8.49. The summed E-state index contributed by atoms with van der Waals surface area (Å²) in [6.45, 7) is 2.78. The van der Waals surface area contributed by atoms with Gasteiger partial charge in [0.2, 0.25) is 0 Å². The summed E-state index contributed by atoms with van der Waals surface area (Å²) in [7, 11) is -3.64. The molecule has 0 spiro atoms. The van der Waals surface area contributed by atoms with Gasteiger partial charge in [0.15, 0.2) is 15.9 Å². The minimum atomic E-state index is -3.64. The van der Waals surface area contributed by atoms with Crippen molar-refractivity contribution in [1.29, 1.82) is 0 Å². The molecule has 1 atom stereocenters. The number of anilines is 1. The molecule has 0 heterocycles. The molecule has 2 rings (SSSR count). The van der Waals surface area contributed by atoms with Gasteiger partial charge in [-0.25, -0.2) is 17.6 Å². The third-order valence-corrected chi connectivity index (χ3v) is 5.76. The van der Waals surface area contributed by atoms with Crippen molar-refractivity contribution in [2.75, 3.05) is 11.1 Å². The van der Waals surface area contributed by atoms with E-state index in [9.17, 15) is 22.4 Å². The summed E-state index contributed by atoms with van der Waals surface area (Å²) in [5.41, 5.74) is -0.00117. The van der Waals surface area contributed by atoms with E-state index in [-0.39, 0.29) is 26.9 Å². The molecule has 0 aromatic heterocycles. The van der Waals surface area contributed by atoms with Crippen molar-refractivity contribution in [2.45, 2.75) is 24.8 Å². The zero-order chi connectivity index (χ0) is 20.2. The van der Waals surface area contributed by atoms with E-state index in [4.69, 9.17) is 16.3 Å². The summed E-state index contributed by atoms with van der Waals surface area (Å²) in [6.07, 6.45) is -1.24. The first-order chi connectivity index (χ1) is 12.7. The SMILES string of the molecule is CCS(=O)(=O)c1ccccc1C(=O)OC(C)C(=O)Nc1ccc(F)cc1Cl. The average Bonchev–Trinajstić information content (AvgIpc) is 2.63. The van der Waals surface area contributed by atoms with Crippen molar-refractivity contribution in [1.82, 2.24) is 0 Å². The van der Waals surface area contributed by atoms with Crippen LogP contribution in [-0.2, 0) is 19.4 Å². The Balaban J connectivity index is 2.15. The van der Waals surface area contributed by atoms with Crippen LogP contribution in [0.15, 0.2) is 47.4 Å². The average molecular weight is 414 g/mol. The van der Waals surface area contributed by atoms with Crippen molar-refractivity contribution >= 4 is 39.0 Å². The summed E-state index contributed by atoms with van der Waals surface area (Å²) in [6, 6.07) is 9.02. The highest BCUT2D eigenvalue weighted by molar-refractivity contribution is 7.91. The van der Waals surface area contributed by atoms with Gasteiger partial charge in [-0.2, -0.15) is 0 Å². The van der Waals surface area contributed by atoms with Gasteiger partial charge >= 0.3 is 5.97 Å². The molecule has 1 N–H and O–H groups in total. The Kier molecular flexibility index (Phi) is 6.56. The van der Waals surface area contributed by atoms with Crippen molar-refractivity contribution in [3.05, 3.63) is 58.9 Å². The lowest BCUT2D eigenvalue weighted by atomic mass is 10.2. The lowest BCUT2D eigenvalue weighted by Crippen LogP contribution is -2.30. The van der Waals surface area contributed by atoms with Gasteiger partial charge in [0.1, 0.15) is 5.82 Å². The molecule has 0 saturated carbocycles. The molecule has 0 saturated heterocycles. The van der Waals surface area contributed by atoms with Crippen LogP contribution in [0.5, 0.6) is 0 Å². The topological polar surface area (TPSA) is 89.5 Å². The Hall–Kier alpha value is -2.45. The molecule has 27 heavy (non-hydrogen) atoms. The molecular weight excluding hydrogens is 397 g/mol. The van der Waals surface area contributed by atoms with Crippen LogP contribution in [0.1, 0.15) is 24.2 Å². The monoisotopic (exact) mass is 413 g/mol. The van der Waals surface area contributed by atoms with E-state index in [2.05, 4.69) is 5.32 Å². The van der Waals surface area contributed by atoms with Crippen LogP contribution in [0, 0.1) is 5.82 Å². The Labute approximate surface area is 161 Å². The maximum absolute atomic E-state index is 13.1. The molecule has 0 aliphatic rings. The number of nitrogens with one attached hydrogen (secondary N) is 1. The standard InChI is InChI=1S/C18H17ClFNO5S/c1-3-27(24,25)16-7-5-4-6-13(16)18(23)26-11(2)17(22)21-15-9-8-12(20)10-14(15)19/h4-11H,3H2,1-2H3,(H,21,22). The summed E-state index contributed by atoms with van der Waals surface area (Å²) in [5, 5.41) is 2.40.